The first-order valence-corrected chi connectivity index (χ1v) is 8.21. The van der Waals surface area contributed by atoms with Crippen LogP contribution in [-0.2, 0) is 11.2 Å². The van der Waals surface area contributed by atoms with Crippen LogP contribution >= 0.6 is 0 Å². The molecule has 1 unspecified atom stereocenters. The molecule has 0 aromatic heterocycles. The van der Waals surface area contributed by atoms with E-state index in [0.29, 0.717) is 11.8 Å². The molecular formula is C18H26N2O. The maximum atomic E-state index is 13.2. The molecule has 0 radical (unpaired) electrons. The van der Waals surface area contributed by atoms with E-state index in [1.807, 2.05) is 11.0 Å². The zero-order chi connectivity index (χ0) is 14.9. The number of benzene rings is 1. The van der Waals surface area contributed by atoms with Gasteiger partial charge in [-0.3, -0.25) is 4.79 Å². The molecule has 1 saturated heterocycles. The molecule has 3 nitrogen and oxygen atoms in total. The van der Waals surface area contributed by atoms with Crippen molar-refractivity contribution in [2.45, 2.75) is 39.5 Å². The number of hydrogen-bond donors (Lipinski definition) is 1. The third-order valence-corrected chi connectivity index (χ3v) is 5.22. The summed E-state index contributed by atoms with van der Waals surface area (Å²) in [5.74, 6) is 0.733. The van der Waals surface area contributed by atoms with Crippen molar-refractivity contribution in [3.8, 4) is 0 Å². The number of aryl methyl sites for hydroxylation is 1. The highest BCUT2D eigenvalue weighted by Gasteiger charge is 2.41. The van der Waals surface area contributed by atoms with E-state index >= 15 is 0 Å². The van der Waals surface area contributed by atoms with Crippen LogP contribution in [0.25, 0.3) is 0 Å². The van der Waals surface area contributed by atoms with Crippen molar-refractivity contribution in [2.24, 2.45) is 11.3 Å². The van der Waals surface area contributed by atoms with Crippen molar-refractivity contribution >= 4 is 11.6 Å². The van der Waals surface area contributed by atoms with Gasteiger partial charge in [-0.05, 0) is 56.3 Å². The maximum Gasteiger partial charge on any atom is 0.232 e. The summed E-state index contributed by atoms with van der Waals surface area (Å²) in [6, 6.07) is 8.37. The third kappa shape index (κ3) is 2.71. The Bertz CT molecular complexity index is 518. The van der Waals surface area contributed by atoms with Gasteiger partial charge in [0.1, 0.15) is 0 Å². The minimum Gasteiger partial charge on any atom is -0.316 e. The zero-order valence-electron chi connectivity index (χ0n) is 13.2. The summed E-state index contributed by atoms with van der Waals surface area (Å²) in [5, 5.41) is 3.45. The second-order valence-corrected chi connectivity index (χ2v) is 6.95. The van der Waals surface area contributed by atoms with Gasteiger partial charge < -0.3 is 10.2 Å². The summed E-state index contributed by atoms with van der Waals surface area (Å²) in [7, 11) is 0. The van der Waals surface area contributed by atoms with Crippen molar-refractivity contribution in [2.75, 3.05) is 24.5 Å². The second-order valence-electron chi connectivity index (χ2n) is 6.95. The van der Waals surface area contributed by atoms with Crippen LogP contribution in [0, 0.1) is 11.3 Å². The van der Waals surface area contributed by atoms with E-state index in [-0.39, 0.29) is 5.41 Å². The van der Waals surface area contributed by atoms with Gasteiger partial charge in [0.25, 0.3) is 0 Å². The Hall–Kier alpha value is -1.35. The van der Waals surface area contributed by atoms with Gasteiger partial charge in [-0.2, -0.15) is 0 Å². The van der Waals surface area contributed by atoms with Crippen LogP contribution < -0.4 is 10.2 Å². The van der Waals surface area contributed by atoms with Gasteiger partial charge in [0.05, 0.1) is 0 Å². The standard InChI is InChI=1S/C18H26N2O/c1-18(2,15-9-5-11-19-13-15)17(21)20-12-6-8-14-7-3-4-10-16(14)20/h3-4,7,10,15,19H,5-6,8-9,11-13H2,1-2H3. The molecule has 0 bridgehead atoms. The van der Waals surface area contributed by atoms with Crippen LogP contribution in [0.4, 0.5) is 5.69 Å². The summed E-state index contributed by atoms with van der Waals surface area (Å²) in [6.45, 7) is 7.18. The lowest BCUT2D eigenvalue weighted by Crippen LogP contribution is -2.50. The van der Waals surface area contributed by atoms with Gasteiger partial charge in [-0.25, -0.2) is 0 Å². The van der Waals surface area contributed by atoms with Crippen LogP contribution in [0.15, 0.2) is 24.3 Å². The lowest BCUT2D eigenvalue weighted by atomic mass is 9.73. The minimum atomic E-state index is -0.294. The van der Waals surface area contributed by atoms with Gasteiger partial charge in [0, 0.05) is 17.6 Å². The van der Waals surface area contributed by atoms with Gasteiger partial charge in [-0.15, -0.1) is 0 Å². The number of fused-ring (bicyclic) bond motifs is 1. The number of nitrogens with one attached hydrogen (secondary N) is 1. The Morgan fingerprint density at radius 2 is 2.10 bits per heavy atom. The van der Waals surface area contributed by atoms with E-state index < -0.39 is 0 Å². The fourth-order valence-electron chi connectivity index (χ4n) is 3.73. The summed E-state index contributed by atoms with van der Waals surface area (Å²) >= 11 is 0. The molecule has 0 saturated carbocycles. The van der Waals surface area contributed by atoms with Crippen LogP contribution in [0.1, 0.15) is 38.7 Å². The van der Waals surface area contributed by atoms with E-state index in [4.69, 9.17) is 0 Å². The van der Waals surface area contributed by atoms with E-state index in [1.54, 1.807) is 0 Å². The van der Waals surface area contributed by atoms with Gasteiger partial charge in [0.2, 0.25) is 5.91 Å². The SMILES string of the molecule is CC(C)(C(=O)N1CCCc2ccccc21)C1CCCNC1. The number of amides is 1. The minimum absolute atomic E-state index is 0.294. The van der Waals surface area contributed by atoms with Gasteiger partial charge in [-0.1, -0.05) is 32.0 Å². The molecule has 1 aromatic rings. The van der Waals surface area contributed by atoms with Crippen LogP contribution in [-0.4, -0.2) is 25.5 Å². The van der Waals surface area contributed by atoms with E-state index in [9.17, 15) is 4.79 Å². The number of hydrogen-bond acceptors (Lipinski definition) is 2. The Morgan fingerprint density at radius 3 is 2.86 bits per heavy atom. The molecule has 114 valence electrons. The molecule has 2 aliphatic rings. The quantitative estimate of drug-likeness (QED) is 0.906. The molecule has 21 heavy (non-hydrogen) atoms. The summed E-state index contributed by atoms with van der Waals surface area (Å²) in [5.41, 5.74) is 2.15. The highest BCUT2D eigenvalue weighted by molar-refractivity contribution is 5.98. The first-order chi connectivity index (χ1) is 10.1. The first-order valence-electron chi connectivity index (χ1n) is 8.21. The summed E-state index contributed by atoms with van der Waals surface area (Å²) in [6.07, 6.45) is 4.49. The summed E-state index contributed by atoms with van der Waals surface area (Å²) < 4.78 is 0. The zero-order valence-corrected chi connectivity index (χ0v) is 13.2. The first kappa shape index (κ1) is 14.6. The molecule has 1 N–H and O–H groups in total. The lowest BCUT2D eigenvalue weighted by molar-refractivity contribution is -0.129. The average molecular weight is 286 g/mol. The fraction of sp³-hybridized carbons (Fsp3) is 0.611. The number of para-hydroxylation sites is 1. The van der Waals surface area contributed by atoms with E-state index in [0.717, 1.165) is 44.6 Å². The number of piperidine rings is 1. The Labute approximate surface area is 127 Å². The third-order valence-electron chi connectivity index (χ3n) is 5.22. The number of rotatable bonds is 2. The summed E-state index contributed by atoms with van der Waals surface area (Å²) in [4.78, 5) is 15.2. The largest absolute Gasteiger partial charge is 0.316 e. The Kier molecular flexibility index (Phi) is 4.03. The van der Waals surface area contributed by atoms with E-state index in [2.05, 4.69) is 37.4 Å². The van der Waals surface area contributed by atoms with Crippen molar-refractivity contribution in [1.29, 1.82) is 0 Å². The van der Waals surface area contributed by atoms with Crippen molar-refractivity contribution < 1.29 is 4.79 Å². The lowest BCUT2D eigenvalue weighted by Gasteiger charge is -2.41. The van der Waals surface area contributed by atoms with Crippen molar-refractivity contribution in [1.82, 2.24) is 5.32 Å². The maximum absolute atomic E-state index is 13.2. The van der Waals surface area contributed by atoms with Crippen molar-refractivity contribution in [3.05, 3.63) is 29.8 Å². The molecule has 1 fully saturated rings. The molecule has 3 heteroatoms. The number of nitrogens with zero attached hydrogens (tertiary/aromatic N) is 1. The number of carbonyl (C=O) groups excluding carboxylic acids is 1. The van der Waals surface area contributed by atoms with Crippen LogP contribution in [0.5, 0.6) is 0 Å². The molecular weight excluding hydrogens is 260 g/mol. The Morgan fingerprint density at radius 1 is 1.29 bits per heavy atom. The molecule has 2 heterocycles. The average Bonchev–Trinajstić information content (AvgIpc) is 2.54. The predicted octanol–water partition coefficient (Wildman–Crippen LogP) is 2.99. The normalized spacial score (nSPS) is 22.8. The predicted molar refractivity (Wildman–Crippen MR) is 86.5 cm³/mol. The van der Waals surface area contributed by atoms with Gasteiger partial charge in [0.15, 0.2) is 0 Å². The molecule has 1 amide bonds. The number of anilines is 1. The molecule has 0 spiro atoms. The fourth-order valence-corrected chi connectivity index (χ4v) is 3.73. The number of carbonyl (C=O) groups is 1. The van der Waals surface area contributed by atoms with E-state index in [1.165, 1.54) is 12.0 Å². The molecule has 0 aliphatic carbocycles. The van der Waals surface area contributed by atoms with Crippen LogP contribution in [0.2, 0.25) is 0 Å². The highest BCUT2D eigenvalue weighted by Crippen LogP contribution is 2.37. The molecule has 1 atom stereocenters. The topological polar surface area (TPSA) is 32.3 Å². The highest BCUT2D eigenvalue weighted by atomic mass is 16.2. The van der Waals surface area contributed by atoms with Crippen molar-refractivity contribution in [3.63, 3.8) is 0 Å². The molecule has 2 aliphatic heterocycles. The Balaban J connectivity index is 1.85. The second kappa shape index (κ2) is 5.80. The molecule has 3 rings (SSSR count). The monoisotopic (exact) mass is 286 g/mol. The van der Waals surface area contributed by atoms with Crippen LogP contribution in [0.3, 0.4) is 0 Å². The van der Waals surface area contributed by atoms with Gasteiger partial charge >= 0.3 is 0 Å². The molecule has 1 aromatic carbocycles. The smallest absolute Gasteiger partial charge is 0.232 e.